The summed E-state index contributed by atoms with van der Waals surface area (Å²) in [5, 5.41) is 14.2. The van der Waals surface area contributed by atoms with Gasteiger partial charge in [-0.3, -0.25) is 14.3 Å². The van der Waals surface area contributed by atoms with Gasteiger partial charge in [0.15, 0.2) is 5.69 Å². The summed E-state index contributed by atoms with van der Waals surface area (Å²) in [5.41, 5.74) is 5.62. The Balaban J connectivity index is 1.25. The highest BCUT2D eigenvalue weighted by atomic mass is 19.3. The van der Waals surface area contributed by atoms with Crippen molar-refractivity contribution in [2.24, 2.45) is 0 Å². The fourth-order valence-electron chi connectivity index (χ4n) is 5.53. The molecule has 5 rings (SSSR count). The first-order chi connectivity index (χ1) is 17.2. The Bertz CT molecular complexity index is 1170. The second-order valence-electron chi connectivity index (χ2n) is 10.1. The summed E-state index contributed by atoms with van der Waals surface area (Å²) in [4.78, 5) is 31.7. The molecule has 0 spiro atoms. The Hall–Kier alpha value is -3.01. The molecule has 0 bridgehead atoms. The molecule has 3 heterocycles. The number of rotatable bonds is 4. The molecule has 1 N–H and O–H groups in total. The van der Waals surface area contributed by atoms with Gasteiger partial charge in [-0.1, -0.05) is 12.1 Å². The number of hydrogen-bond acceptors (Lipinski definition) is 5. The number of alkyl halides is 2. The van der Waals surface area contributed by atoms with E-state index in [0.717, 1.165) is 37.2 Å². The largest absolute Gasteiger partial charge is 0.385 e. The van der Waals surface area contributed by atoms with Crippen LogP contribution in [0.1, 0.15) is 45.7 Å². The number of carbonyl (C=O) groups excluding carboxylic acids is 2. The molecule has 2 saturated heterocycles. The Morgan fingerprint density at radius 1 is 1.08 bits per heavy atom. The van der Waals surface area contributed by atoms with E-state index in [9.17, 15) is 23.5 Å². The quantitative estimate of drug-likeness (QED) is 0.695. The van der Waals surface area contributed by atoms with Gasteiger partial charge in [0.25, 0.3) is 11.8 Å². The average molecular weight is 502 g/mol. The van der Waals surface area contributed by atoms with Crippen molar-refractivity contribution in [2.45, 2.75) is 58.1 Å². The molecule has 1 atom stereocenters. The van der Waals surface area contributed by atoms with E-state index in [-0.39, 0.29) is 24.7 Å². The molecular weight excluding hydrogens is 468 g/mol. The van der Waals surface area contributed by atoms with Gasteiger partial charge in [0.1, 0.15) is 12.6 Å². The third kappa shape index (κ3) is 4.47. The molecule has 2 amide bonds. The van der Waals surface area contributed by atoms with Crippen LogP contribution in [0.3, 0.4) is 0 Å². The number of benzene rings is 1. The van der Waals surface area contributed by atoms with Crippen molar-refractivity contribution < 1.29 is 23.5 Å². The molecule has 0 unspecified atom stereocenters. The molecule has 36 heavy (non-hydrogen) atoms. The van der Waals surface area contributed by atoms with Gasteiger partial charge in [-0.05, 0) is 50.3 Å². The Morgan fingerprint density at radius 3 is 2.56 bits per heavy atom. The summed E-state index contributed by atoms with van der Waals surface area (Å²) in [6.07, 6.45) is -0.198. The summed E-state index contributed by atoms with van der Waals surface area (Å²) in [6.45, 7) is 6.45. The Morgan fingerprint density at radius 2 is 1.83 bits per heavy atom. The van der Waals surface area contributed by atoms with Crippen LogP contribution in [-0.4, -0.2) is 87.8 Å². The molecule has 3 aliphatic rings. The highest BCUT2D eigenvalue weighted by molar-refractivity contribution is 5.94. The number of carbonyl (C=O) groups is 2. The van der Waals surface area contributed by atoms with Crippen LogP contribution in [0.5, 0.6) is 0 Å². The first kappa shape index (κ1) is 24.7. The zero-order valence-electron chi connectivity index (χ0n) is 20.8. The van der Waals surface area contributed by atoms with Crippen LogP contribution in [0.4, 0.5) is 14.5 Å². The fourth-order valence-corrected chi connectivity index (χ4v) is 5.53. The molecule has 194 valence electrons. The number of aliphatic hydroxyl groups is 1. The van der Waals surface area contributed by atoms with Crippen LogP contribution < -0.4 is 4.90 Å². The van der Waals surface area contributed by atoms with Gasteiger partial charge in [-0.2, -0.15) is 5.10 Å². The zero-order chi connectivity index (χ0) is 25.6. The van der Waals surface area contributed by atoms with Crippen LogP contribution in [0.2, 0.25) is 0 Å². The summed E-state index contributed by atoms with van der Waals surface area (Å²) in [6, 6.07) is 6.28. The van der Waals surface area contributed by atoms with E-state index in [0.29, 0.717) is 19.5 Å². The number of halogens is 2. The van der Waals surface area contributed by atoms with Crippen LogP contribution in [-0.2, 0) is 24.2 Å². The Kier molecular flexibility index (Phi) is 6.48. The van der Waals surface area contributed by atoms with Crippen molar-refractivity contribution in [3.8, 4) is 0 Å². The van der Waals surface area contributed by atoms with Crippen LogP contribution in [0, 0.1) is 13.8 Å². The number of fused-ring (bicyclic) bond motifs is 1. The van der Waals surface area contributed by atoms with Crippen molar-refractivity contribution in [1.82, 2.24) is 19.6 Å². The van der Waals surface area contributed by atoms with Gasteiger partial charge in [-0.25, -0.2) is 8.78 Å². The fraction of sp³-hybridized carbons (Fsp3) is 0.577. The second-order valence-corrected chi connectivity index (χ2v) is 10.1. The standard InChI is InChI=1S/C26H33F2N5O3/c1-17-5-3-7-20(18(17)2)30-11-13-31(14-12-30)23(35)16-33-21-8-4-6-19(21)24(29-33)25(36)32-10-9-26(27,28)22(34)15-32/h3,5,7,22,34H,4,6,8-16H2,1-2H3/t22-/m0/s1. The van der Waals surface area contributed by atoms with E-state index < -0.39 is 30.9 Å². The van der Waals surface area contributed by atoms with Crippen molar-refractivity contribution in [2.75, 3.05) is 44.2 Å². The molecule has 10 heteroatoms. The van der Waals surface area contributed by atoms with E-state index in [1.807, 2.05) is 4.90 Å². The maximum absolute atomic E-state index is 13.7. The molecule has 2 aromatic rings. The lowest BCUT2D eigenvalue weighted by Gasteiger charge is -2.37. The van der Waals surface area contributed by atoms with E-state index in [1.165, 1.54) is 21.7 Å². The normalized spacial score (nSPS) is 21.6. The van der Waals surface area contributed by atoms with E-state index in [4.69, 9.17) is 0 Å². The molecule has 0 radical (unpaired) electrons. The van der Waals surface area contributed by atoms with Crippen LogP contribution in [0.15, 0.2) is 18.2 Å². The molecule has 1 aliphatic carbocycles. The van der Waals surface area contributed by atoms with Crippen molar-refractivity contribution in [1.29, 1.82) is 0 Å². The first-order valence-corrected chi connectivity index (χ1v) is 12.7. The van der Waals surface area contributed by atoms with Gasteiger partial charge in [0.05, 0.1) is 6.54 Å². The summed E-state index contributed by atoms with van der Waals surface area (Å²) >= 11 is 0. The maximum atomic E-state index is 13.7. The maximum Gasteiger partial charge on any atom is 0.276 e. The smallest absolute Gasteiger partial charge is 0.276 e. The first-order valence-electron chi connectivity index (χ1n) is 12.7. The van der Waals surface area contributed by atoms with Crippen LogP contribution in [0.25, 0.3) is 0 Å². The van der Waals surface area contributed by atoms with Crippen molar-refractivity contribution in [3.05, 3.63) is 46.3 Å². The average Bonchev–Trinajstić information content (AvgIpc) is 3.46. The lowest BCUT2D eigenvalue weighted by atomic mass is 10.0. The lowest BCUT2D eigenvalue weighted by Crippen LogP contribution is -2.52. The molecular formula is C26H33F2N5O3. The highest BCUT2D eigenvalue weighted by Crippen LogP contribution is 2.31. The predicted octanol–water partition coefficient (Wildman–Crippen LogP) is 2.18. The third-order valence-electron chi connectivity index (χ3n) is 7.93. The van der Waals surface area contributed by atoms with Gasteiger partial charge in [0, 0.05) is 56.1 Å². The summed E-state index contributed by atoms with van der Waals surface area (Å²) in [5.74, 6) is -3.68. The number of aryl methyl sites for hydroxylation is 1. The number of anilines is 1. The number of aliphatic hydroxyl groups excluding tert-OH is 1. The van der Waals surface area contributed by atoms with Gasteiger partial charge >= 0.3 is 0 Å². The highest BCUT2D eigenvalue weighted by Gasteiger charge is 2.45. The number of β-amino-alcohol motifs (C(OH)–C–C–N with tert-alkyl or cyclic N) is 1. The third-order valence-corrected chi connectivity index (χ3v) is 7.93. The number of nitrogens with zero attached hydrogens (tertiary/aromatic N) is 5. The summed E-state index contributed by atoms with van der Waals surface area (Å²) < 4.78 is 29.0. The molecule has 2 aliphatic heterocycles. The number of amides is 2. The SMILES string of the molecule is Cc1cccc(N2CCN(C(=O)Cn3nc(C(=O)N4CCC(F)(F)[C@@H](O)C4)c4c3CCC4)CC2)c1C. The number of piperazine rings is 1. The van der Waals surface area contributed by atoms with Gasteiger partial charge in [-0.15, -0.1) is 0 Å². The predicted molar refractivity (Wildman–Crippen MR) is 130 cm³/mol. The minimum absolute atomic E-state index is 0.0418. The minimum Gasteiger partial charge on any atom is -0.385 e. The second kappa shape index (κ2) is 9.46. The van der Waals surface area contributed by atoms with E-state index >= 15 is 0 Å². The van der Waals surface area contributed by atoms with E-state index in [2.05, 4.69) is 42.0 Å². The molecule has 1 aromatic carbocycles. The summed E-state index contributed by atoms with van der Waals surface area (Å²) in [7, 11) is 0. The van der Waals surface area contributed by atoms with Crippen molar-refractivity contribution >= 4 is 17.5 Å². The zero-order valence-corrected chi connectivity index (χ0v) is 20.8. The number of likely N-dealkylation sites (tertiary alicyclic amines) is 1. The lowest BCUT2D eigenvalue weighted by molar-refractivity contribution is -0.141. The van der Waals surface area contributed by atoms with Crippen LogP contribution >= 0.6 is 0 Å². The topological polar surface area (TPSA) is 81.9 Å². The molecule has 1 aromatic heterocycles. The molecule has 8 nitrogen and oxygen atoms in total. The monoisotopic (exact) mass is 501 g/mol. The van der Waals surface area contributed by atoms with Gasteiger partial charge < -0.3 is 19.8 Å². The number of aromatic nitrogens is 2. The van der Waals surface area contributed by atoms with Gasteiger partial charge in [0.2, 0.25) is 5.91 Å². The van der Waals surface area contributed by atoms with E-state index in [1.54, 1.807) is 4.68 Å². The molecule has 0 saturated carbocycles. The number of hydrogen-bond donors (Lipinski definition) is 1. The molecule has 2 fully saturated rings. The minimum atomic E-state index is -3.19. The van der Waals surface area contributed by atoms with Crippen molar-refractivity contribution in [3.63, 3.8) is 0 Å². The number of piperidine rings is 1. The Labute approximate surface area is 209 Å².